The first kappa shape index (κ1) is 24.4. The monoisotopic (exact) mass is 481 g/mol. The van der Waals surface area contributed by atoms with Gasteiger partial charge in [0.1, 0.15) is 5.00 Å². The highest BCUT2D eigenvalue weighted by Crippen LogP contribution is 2.40. The minimum Gasteiger partial charge on any atom is -0.462 e. The predicted octanol–water partition coefficient (Wildman–Crippen LogP) is 4.16. The summed E-state index contributed by atoms with van der Waals surface area (Å²) < 4.78 is 44.2. The summed E-state index contributed by atoms with van der Waals surface area (Å²) in [5.74, 6) is -2.45. The molecule has 1 heterocycles. The molecule has 3 rings (SSSR count). The maximum absolute atomic E-state index is 13.0. The Kier molecular flexibility index (Phi) is 7.52. The summed E-state index contributed by atoms with van der Waals surface area (Å²) >= 11 is 1.21. The SMILES string of the molecule is CCOC(=O)c1c(NC(=O)C(=O)NN=Cc2ccccc2C(F)(F)F)sc2c1CCC(C)C2. The van der Waals surface area contributed by atoms with Crippen LogP contribution in [0.3, 0.4) is 0 Å². The van der Waals surface area contributed by atoms with Crippen LogP contribution in [-0.2, 0) is 33.3 Å². The van der Waals surface area contributed by atoms with Crippen LogP contribution in [0, 0.1) is 5.92 Å². The Hall–Kier alpha value is -3.21. The van der Waals surface area contributed by atoms with Gasteiger partial charge in [0.2, 0.25) is 0 Å². The van der Waals surface area contributed by atoms with Gasteiger partial charge in [-0.05, 0) is 43.7 Å². The van der Waals surface area contributed by atoms with E-state index in [4.69, 9.17) is 4.74 Å². The smallest absolute Gasteiger partial charge is 0.417 e. The number of anilines is 1. The topological polar surface area (TPSA) is 96.9 Å². The molecule has 1 aliphatic rings. The second-order valence-corrected chi connectivity index (χ2v) is 8.62. The van der Waals surface area contributed by atoms with Gasteiger partial charge in [-0.15, -0.1) is 11.3 Å². The summed E-state index contributed by atoms with van der Waals surface area (Å²) in [6.07, 6.45) is -1.49. The number of amides is 2. The fourth-order valence-electron chi connectivity index (χ4n) is 3.50. The van der Waals surface area contributed by atoms with E-state index >= 15 is 0 Å². The molecule has 7 nitrogen and oxygen atoms in total. The van der Waals surface area contributed by atoms with Crippen molar-refractivity contribution in [2.75, 3.05) is 11.9 Å². The Morgan fingerprint density at radius 1 is 1.24 bits per heavy atom. The van der Waals surface area contributed by atoms with Gasteiger partial charge in [-0.25, -0.2) is 10.2 Å². The minimum atomic E-state index is -4.59. The highest BCUT2D eigenvalue weighted by molar-refractivity contribution is 7.17. The first-order chi connectivity index (χ1) is 15.6. The lowest BCUT2D eigenvalue weighted by Gasteiger charge is -2.18. The Balaban J connectivity index is 1.74. The van der Waals surface area contributed by atoms with Crippen molar-refractivity contribution >= 4 is 40.3 Å². The molecule has 0 saturated heterocycles. The minimum absolute atomic E-state index is 0.155. The molecule has 0 saturated carbocycles. The number of carbonyl (C=O) groups excluding carboxylic acids is 3. The number of hydrazone groups is 1. The zero-order chi connectivity index (χ0) is 24.2. The van der Waals surface area contributed by atoms with E-state index in [1.165, 1.54) is 29.5 Å². The quantitative estimate of drug-likeness (QED) is 0.290. The van der Waals surface area contributed by atoms with Gasteiger partial charge in [0.05, 0.1) is 23.9 Å². The number of hydrogen-bond acceptors (Lipinski definition) is 6. The summed E-state index contributed by atoms with van der Waals surface area (Å²) in [6.45, 7) is 3.91. The number of ether oxygens (including phenoxy) is 1. The van der Waals surface area contributed by atoms with Crippen molar-refractivity contribution in [3.63, 3.8) is 0 Å². The number of nitrogens with zero attached hydrogens (tertiary/aromatic N) is 1. The number of thiophene rings is 1. The van der Waals surface area contributed by atoms with Crippen molar-refractivity contribution < 1.29 is 32.3 Å². The van der Waals surface area contributed by atoms with Gasteiger partial charge < -0.3 is 10.1 Å². The lowest BCUT2D eigenvalue weighted by atomic mass is 9.88. The highest BCUT2D eigenvalue weighted by atomic mass is 32.1. The molecule has 1 aromatic heterocycles. The fraction of sp³-hybridized carbons (Fsp3) is 0.364. The van der Waals surface area contributed by atoms with Crippen molar-refractivity contribution in [2.24, 2.45) is 11.0 Å². The number of benzene rings is 1. The lowest BCUT2D eigenvalue weighted by Crippen LogP contribution is -2.32. The number of rotatable bonds is 5. The molecule has 11 heteroatoms. The molecule has 1 atom stereocenters. The number of esters is 1. The maximum Gasteiger partial charge on any atom is 0.417 e. The molecule has 0 aliphatic heterocycles. The van der Waals surface area contributed by atoms with E-state index in [1.54, 1.807) is 6.92 Å². The van der Waals surface area contributed by atoms with E-state index < -0.39 is 29.5 Å². The van der Waals surface area contributed by atoms with E-state index in [-0.39, 0.29) is 22.7 Å². The molecule has 0 radical (unpaired) electrons. The summed E-state index contributed by atoms with van der Waals surface area (Å²) in [5, 5.41) is 6.09. The summed E-state index contributed by atoms with van der Waals surface area (Å²) in [6, 6.07) is 4.68. The van der Waals surface area contributed by atoms with Crippen LogP contribution < -0.4 is 10.7 Å². The van der Waals surface area contributed by atoms with Gasteiger partial charge in [-0.3, -0.25) is 9.59 Å². The third-order valence-corrected chi connectivity index (χ3v) is 6.23. The fourth-order valence-corrected chi connectivity index (χ4v) is 4.89. The van der Waals surface area contributed by atoms with E-state index in [0.717, 1.165) is 35.6 Å². The molecule has 1 aliphatic carbocycles. The standard InChI is InChI=1S/C22H22F3N3O4S/c1-3-32-21(31)17-14-9-8-12(2)10-16(14)33-20(17)27-18(29)19(30)28-26-11-13-6-4-5-7-15(13)22(23,24)25/h4-7,11-12H,3,8-10H2,1-2H3,(H,27,29)(H,28,30). The van der Waals surface area contributed by atoms with Crippen LogP contribution in [0.5, 0.6) is 0 Å². The molecule has 2 aromatic rings. The molecule has 2 N–H and O–H groups in total. The summed E-state index contributed by atoms with van der Waals surface area (Å²) in [7, 11) is 0. The first-order valence-corrected chi connectivity index (χ1v) is 11.1. The second-order valence-electron chi connectivity index (χ2n) is 7.51. The van der Waals surface area contributed by atoms with Crippen LogP contribution >= 0.6 is 11.3 Å². The molecule has 1 unspecified atom stereocenters. The predicted molar refractivity (Wildman–Crippen MR) is 117 cm³/mol. The second kappa shape index (κ2) is 10.2. The van der Waals surface area contributed by atoms with Gasteiger partial charge in [0.25, 0.3) is 0 Å². The number of alkyl halides is 3. The number of nitrogens with one attached hydrogen (secondary N) is 2. The Labute approximate surface area is 192 Å². The molecule has 0 fully saturated rings. The van der Waals surface area contributed by atoms with Crippen LogP contribution in [0.2, 0.25) is 0 Å². The molecular formula is C22H22F3N3O4S. The first-order valence-electron chi connectivity index (χ1n) is 10.2. The average Bonchev–Trinajstić information content (AvgIpc) is 3.10. The van der Waals surface area contributed by atoms with Gasteiger partial charge >= 0.3 is 24.0 Å². The molecule has 0 bridgehead atoms. The number of carbonyl (C=O) groups is 3. The van der Waals surface area contributed by atoms with Crippen LogP contribution in [-0.4, -0.2) is 30.6 Å². The summed E-state index contributed by atoms with van der Waals surface area (Å²) in [5.41, 5.74) is 1.77. The normalized spacial score (nSPS) is 15.7. The lowest BCUT2D eigenvalue weighted by molar-refractivity contribution is -0.137. The van der Waals surface area contributed by atoms with Gasteiger partial charge in [0, 0.05) is 10.4 Å². The third-order valence-electron chi connectivity index (χ3n) is 5.06. The zero-order valence-corrected chi connectivity index (χ0v) is 18.7. The zero-order valence-electron chi connectivity index (χ0n) is 17.9. The van der Waals surface area contributed by atoms with Crippen LogP contribution in [0.25, 0.3) is 0 Å². The molecule has 33 heavy (non-hydrogen) atoms. The number of fused-ring (bicyclic) bond motifs is 1. The number of halogens is 3. The molecular weight excluding hydrogens is 459 g/mol. The highest BCUT2D eigenvalue weighted by Gasteiger charge is 2.33. The van der Waals surface area contributed by atoms with Crippen molar-refractivity contribution in [1.82, 2.24) is 5.43 Å². The molecule has 2 amide bonds. The molecule has 176 valence electrons. The third kappa shape index (κ3) is 5.78. The van der Waals surface area contributed by atoms with Gasteiger partial charge in [-0.2, -0.15) is 18.3 Å². The van der Waals surface area contributed by atoms with Crippen LogP contribution in [0.1, 0.15) is 52.2 Å². The summed E-state index contributed by atoms with van der Waals surface area (Å²) in [4.78, 5) is 38.0. The number of hydrogen-bond donors (Lipinski definition) is 2. The van der Waals surface area contributed by atoms with Crippen molar-refractivity contribution in [3.05, 3.63) is 51.4 Å². The molecule has 1 aromatic carbocycles. The van der Waals surface area contributed by atoms with Gasteiger partial charge in [0.15, 0.2) is 0 Å². The van der Waals surface area contributed by atoms with E-state index in [0.29, 0.717) is 12.3 Å². The Morgan fingerprint density at radius 3 is 2.67 bits per heavy atom. The van der Waals surface area contributed by atoms with Gasteiger partial charge in [-0.1, -0.05) is 25.1 Å². The van der Waals surface area contributed by atoms with E-state index in [1.807, 2.05) is 5.43 Å². The van der Waals surface area contributed by atoms with Crippen molar-refractivity contribution in [3.8, 4) is 0 Å². The Morgan fingerprint density at radius 2 is 1.97 bits per heavy atom. The Bertz CT molecular complexity index is 1100. The van der Waals surface area contributed by atoms with E-state index in [2.05, 4.69) is 17.3 Å². The van der Waals surface area contributed by atoms with E-state index in [9.17, 15) is 27.6 Å². The maximum atomic E-state index is 13.0. The largest absolute Gasteiger partial charge is 0.462 e. The molecule has 0 spiro atoms. The average molecular weight is 481 g/mol. The van der Waals surface area contributed by atoms with Crippen LogP contribution in [0.4, 0.5) is 18.2 Å². The van der Waals surface area contributed by atoms with Crippen molar-refractivity contribution in [1.29, 1.82) is 0 Å². The van der Waals surface area contributed by atoms with Crippen molar-refractivity contribution in [2.45, 2.75) is 39.3 Å². The van der Waals surface area contributed by atoms with Crippen LogP contribution in [0.15, 0.2) is 29.4 Å².